The normalized spacial score (nSPS) is 23.3. The maximum absolute atomic E-state index is 12.4. The second kappa shape index (κ2) is 8.32. The summed E-state index contributed by atoms with van der Waals surface area (Å²) >= 11 is 0. The number of aryl methyl sites for hydroxylation is 1. The fourth-order valence-corrected chi connectivity index (χ4v) is 4.79. The van der Waals surface area contributed by atoms with E-state index in [-0.39, 0.29) is 5.56 Å². The van der Waals surface area contributed by atoms with Crippen molar-refractivity contribution < 1.29 is 9.84 Å². The van der Waals surface area contributed by atoms with Gasteiger partial charge in [-0.1, -0.05) is 0 Å². The fraction of sp³-hybridized carbons (Fsp3) is 0.700. The van der Waals surface area contributed by atoms with Crippen molar-refractivity contribution in [2.45, 2.75) is 44.8 Å². The highest BCUT2D eigenvalue weighted by atomic mass is 16.5. The number of ether oxygens (including phenoxy) is 1. The van der Waals surface area contributed by atoms with Crippen LogP contribution in [0.15, 0.2) is 10.9 Å². The van der Waals surface area contributed by atoms with Gasteiger partial charge in [0.15, 0.2) is 0 Å². The average Bonchev–Trinajstić information content (AvgIpc) is 3.03. The maximum atomic E-state index is 12.4. The zero-order valence-corrected chi connectivity index (χ0v) is 16.8. The van der Waals surface area contributed by atoms with E-state index in [0.29, 0.717) is 29.7 Å². The summed E-state index contributed by atoms with van der Waals surface area (Å²) in [6, 6.07) is 1.67. The van der Waals surface area contributed by atoms with Crippen molar-refractivity contribution >= 4 is 5.65 Å². The molecule has 4 heterocycles. The third-order valence-electron chi connectivity index (χ3n) is 6.19. The molecule has 8 nitrogen and oxygen atoms in total. The molecule has 4 rings (SSSR count). The minimum absolute atomic E-state index is 0.134. The Balaban J connectivity index is 1.70. The molecule has 2 aromatic rings. The Morgan fingerprint density at radius 2 is 2.14 bits per heavy atom. The summed E-state index contributed by atoms with van der Waals surface area (Å²) in [7, 11) is 1.72. The predicted molar refractivity (Wildman–Crippen MR) is 107 cm³/mol. The first-order valence-electron chi connectivity index (χ1n) is 10.3. The highest BCUT2D eigenvalue weighted by Gasteiger charge is 2.30. The molecule has 0 amide bonds. The lowest BCUT2D eigenvalue weighted by Gasteiger charge is -2.35. The lowest BCUT2D eigenvalue weighted by Crippen LogP contribution is -2.39. The third kappa shape index (κ3) is 3.74. The van der Waals surface area contributed by atoms with Crippen LogP contribution in [0.4, 0.5) is 0 Å². The summed E-state index contributed by atoms with van der Waals surface area (Å²) in [5.74, 6) is 0.719. The third-order valence-corrected chi connectivity index (χ3v) is 6.19. The molecule has 8 heteroatoms. The van der Waals surface area contributed by atoms with Crippen LogP contribution in [-0.2, 0) is 4.74 Å². The van der Waals surface area contributed by atoms with Crippen LogP contribution >= 0.6 is 0 Å². The number of hydrogen-bond donors (Lipinski definition) is 3. The van der Waals surface area contributed by atoms with Gasteiger partial charge in [-0.2, -0.15) is 5.10 Å². The molecular formula is C20H31N5O3. The second-order valence-electron chi connectivity index (χ2n) is 8.17. The molecule has 2 unspecified atom stereocenters. The molecule has 3 N–H and O–H groups in total. The van der Waals surface area contributed by atoms with Gasteiger partial charge in [-0.15, -0.1) is 0 Å². The number of nitrogens with one attached hydrogen (secondary N) is 2. The van der Waals surface area contributed by atoms with Gasteiger partial charge in [0.25, 0.3) is 5.56 Å². The minimum atomic E-state index is -0.781. The predicted octanol–water partition coefficient (Wildman–Crippen LogP) is 1.15. The molecule has 0 bridgehead atoms. The first-order valence-corrected chi connectivity index (χ1v) is 10.3. The van der Waals surface area contributed by atoms with E-state index in [1.165, 1.54) is 0 Å². The molecule has 2 aromatic heterocycles. The topological polar surface area (TPSA) is 94.9 Å². The molecule has 2 aliphatic heterocycles. The molecule has 0 radical (unpaired) electrons. The Morgan fingerprint density at radius 3 is 2.89 bits per heavy atom. The van der Waals surface area contributed by atoms with Crippen molar-refractivity contribution in [2.24, 2.45) is 5.92 Å². The summed E-state index contributed by atoms with van der Waals surface area (Å²) in [4.78, 5) is 17.4. The number of aliphatic hydroxyl groups is 1. The van der Waals surface area contributed by atoms with Gasteiger partial charge >= 0.3 is 0 Å². The number of likely N-dealkylation sites (tertiary alicyclic amines) is 1. The number of methoxy groups -OCH3 is 1. The number of nitrogens with zero attached hydrogens (tertiary/aromatic N) is 3. The van der Waals surface area contributed by atoms with Gasteiger partial charge in [0.1, 0.15) is 11.9 Å². The van der Waals surface area contributed by atoms with Crippen LogP contribution < -0.4 is 10.9 Å². The number of H-pyrrole nitrogens is 1. The minimum Gasteiger partial charge on any atom is -0.384 e. The molecule has 0 aliphatic carbocycles. The summed E-state index contributed by atoms with van der Waals surface area (Å²) < 4.78 is 7.16. The van der Waals surface area contributed by atoms with E-state index in [1.54, 1.807) is 13.2 Å². The van der Waals surface area contributed by atoms with Crippen LogP contribution in [-0.4, -0.2) is 64.5 Å². The van der Waals surface area contributed by atoms with Gasteiger partial charge in [-0.05, 0) is 51.6 Å². The van der Waals surface area contributed by atoms with Gasteiger partial charge in [-0.25, -0.2) is 4.52 Å². The van der Waals surface area contributed by atoms with E-state index >= 15 is 0 Å². The monoisotopic (exact) mass is 389 g/mol. The summed E-state index contributed by atoms with van der Waals surface area (Å²) in [5.41, 5.74) is 2.91. The van der Waals surface area contributed by atoms with Gasteiger partial charge in [0.2, 0.25) is 0 Å². The molecular weight excluding hydrogens is 358 g/mol. The summed E-state index contributed by atoms with van der Waals surface area (Å²) in [6.07, 6.45) is 3.33. The largest absolute Gasteiger partial charge is 0.384 e. The molecule has 2 saturated heterocycles. The van der Waals surface area contributed by atoms with E-state index in [1.807, 2.05) is 11.4 Å². The standard InChI is InChI=1S/C20H31N5O3/c1-13-18(20(27)24-9-3-4-14(11-24)12-28-2)19-22-17(26)10-16(25(19)23-13)15-5-7-21-8-6-15/h10,14-15,20-21,27H,3-9,11-12H2,1-2H3,(H,22,26). The molecule has 0 spiro atoms. The van der Waals surface area contributed by atoms with Gasteiger partial charge < -0.3 is 20.1 Å². The highest BCUT2D eigenvalue weighted by Crippen LogP contribution is 2.31. The quantitative estimate of drug-likeness (QED) is 0.710. The van der Waals surface area contributed by atoms with Crippen molar-refractivity contribution in [3.63, 3.8) is 0 Å². The first kappa shape index (κ1) is 19.6. The number of piperidine rings is 2. The van der Waals surface area contributed by atoms with Crippen LogP contribution in [0.2, 0.25) is 0 Å². The molecule has 2 aliphatic rings. The summed E-state index contributed by atoms with van der Waals surface area (Å²) in [5, 5.41) is 19.3. The van der Waals surface area contributed by atoms with E-state index < -0.39 is 6.23 Å². The van der Waals surface area contributed by atoms with Crippen molar-refractivity contribution in [2.75, 3.05) is 39.9 Å². The molecule has 2 atom stereocenters. The lowest BCUT2D eigenvalue weighted by atomic mass is 9.94. The Hall–Kier alpha value is -1.74. The number of hydrogen-bond acceptors (Lipinski definition) is 6. The van der Waals surface area contributed by atoms with Crippen LogP contribution in [0.5, 0.6) is 0 Å². The Kier molecular flexibility index (Phi) is 5.82. The van der Waals surface area contributed by atoms with Crippen molar-refractivity contribution in [1.29, 1.82) is 0 Å². The van der Waals surface area contributed by atoms with E-state index in [0.717, 1.165) is 63.3 Å². The van der Waals surface area contributed by atoms with E-state index in [2.05, 4.69) is 15.2 Å². The Labute approximate surface area is 164 Å². The molecule has 2 fully saturated rings. The van der Waals surface area contributed by atoms with Crippen LogP contribution in [0.1, 0.15) is 54.8 Å². The number of aromatic amines is 1. The van der Waals surface area contributed by atoms with Crippen molar-refractivity contribution in [3.8, 4) is 0 Å². The smallest absolute Gasteiger partial charge is 0.251 e. The van der Waals surface area contributed by atoms with E-state index in [4.69, 9.17) is 9.84 Å². The SMILES string of the molecule is COCC1CCCN(C(O)c2c(C)nn3c(C4CCNCC4)cc(=O)[nH]c23)C1. The lowest BCUT2D eigenvalue weighted by molar-refractivity contribution is -0.0336. The molecule has 154 valence electrons. The maximum Gasteiger partial charge on any atom is 0.251 e. The van der Waals surface area contributed by atoms with Crippen molar-refractivity contribution in [1.82, 2.24) is 24.8 Å². The number of rotatable bonds is 5. The van der Waals surface area contributed by atoms with Crippen LogP contribution in [0.25, 0.3) is 5.65 Å². The van der Waals surface area contributed by atoms with E-state index in [9.17, 15) is 9.90 Å². The zero-order valence-electron chi connectivity index (χ0n) is 16.8. The average molecular weight is 390 g/mol. The van der Waals surface area contributed by atoms with Gasteiger partial charge in [0.05, 0.1) is 23.6 Å². The van der Waals surface area contributed by atoms with Crippen molar-refractivity contribution in [3.05, 3.63) is 33.4 Å². The number of aromatic nitrogens is 3. The van der Waals surface area contributed by atoms with Crippen LogP contribution in [0, 0.1) is 12.8 Å². The molecule has 28 heavy (non-hydrogen) atoms. The highest BCUT2D eigenvalue weighted by molar-refractivity contribution is 5.52. The summed E-state index contributed by atoms with van der Waals surface area (Å²) in [6.45, 7) is 6.12. The number of fused-ring (bicyclic) bond motifs is 1. The Bertz CT molecular complexity index is 869. The van der Waals surface area contributed by atoms with Crippen LogP contribution in [0.3, 0.4) is 0 Å². The fourth-order valence-electron chi connectivity index (χ4n) is 4.79. The zero-order chi connectivity index (χ0) is 19.7. The second-order valence-corrected chi connectivity index (χ2v) is 8.17. The molecule has 0 aromatic carbocycles. The van der Waals surface area contributed by atoms with Gasteiger partial charge in [0, 0.05) is 32.2 Å². The first-order chi connectivity index (χ1) is 13.6. The molecule has 0 saturated carbocycles. The number of aliphatic hydroxyl groups excluding tert-OH is 1. The Morgan fingerprint density at radius 1 is 1.36 bits per heavy atom. The van der Waals surface area contributed by atoms with Gasteiger partial charge in [-0.3, -0.25) is 9.69 Å².